The van der Waals surface area contributed by atoms with Crippen LogP contribution in [0.2, 0.25) is 0 Å². The molecule has 6 rings (SSSR count). The molecule has 0 N–H and O–H groups in total. The number of nitrogens with zero attached hydrogens (tertiary/aromatic N) is 2. The molecule has 5 aromatic carbocycles. The molecule has 1 aliphatic carbocycles. The Morgan fingerprint density at radius 3 is 1.13 bits per heavy atom. The molecule has 0 saturated heterocycles. The summed E-state index contributed by atoms with van der Waals surface area (Å²) in [6.45, 7) is 14.0. The van der Waals surface area contributed by atoms with Gasteiger partial charge in [-0.15, -0.1) is 0 Å². The summed E-state index contributed by atoms with van der Waals surface area (Å²) in [6.07, 6.45) is 6.88. The lowest BCUT2D eigenvalue weighted by molar-refractivity contribution is 0.439. The van der Waals surface area contributed by atoms with Gasteiger partial charge in [-0.1, -0.05) is 90.1 Å². The number of fused-ring (bicyclic) bond motifs is 1. The highest BCUT2D eigenvalue weighted by Gasteiger charge is 2.25. The Labute approximate surface area is 277 Å². The number of rotatable bonds is 12. The second kappa shape index (κ2) is 13.2. The Hall–Kier alpha value is -4.30. The van der Waals surface area contributed by atoms with Gasteiger partial charge in [0, 0.05) is 34.1 Å². The van der Waals surface area contributed by atoms with Gasteiger partial charge in [0.15, 0.2) is 0 Å². The molecule has 0 amide bonds. The van der Waals surface area contributed by atoms with Crippen LogP contribution in [-0.4, -0.2) is 0 Å². The van der Waals surface area contributed by atoms with E-state index in [0.717, 1.165) is 37.1 Å². The monoisotopic (exact) mass is 606 g/mol. The molecule has 46 heavy (non-hydrogen) atoms. The van der Waals surface area contributed by atoms with Gasteiger partial charge in [-0.05, 0) is 144 Å². The molecule has 236 valence electrons. The van der Waals surface area contributed by atoms with E-state index in [2.05, 4.69) is 173 Å². The summed E-state index contributed by atoms with van der Waals surface area (Å²) in [5, 5.41) is 0. The van der Waals surface area contributed by atoms with Crippen molar-refractivity contribution in [2.75, 3.05) is 9.80 Å². The number of hydrogen-bond donors (Lipinski definition) is 0. The summed E-state index contributed by atoms with van der Waals surface area (Å²) in [5.41, 5.74) is 13.2. The van der Waals surface area contributed by atoms with Crippen LogP contribution in [0.25, 0.3) is 0 Å². The predicted molar refractivity (Wildman–Crippen MR) is 199 cm³/mol. The van der Waals surface area contributed by atoms with Gasteiger partial charge in [-0.2, -0.15) is 0 Å². The van der Waals surface area contributed by atoms with Crippen LogP contribution in [0.5, 0.6) is 0 Å². The standard InChI is InChI=1S/C44H50N2/c1-7-43(5,8-2)35-19-24-38(25-20-35)45(39-26-21-36(22-27-39)44(6,9-3)10-4)40-28-30-41(31-29-40)46(37-14-12-11-13-15-37)42-23-18-33-16-17-34(33)32-42/h11-15,18-32H,7-10,16-17H2,1-6H3. The van der Waals surface area contributed by atoms with E-state index in [1.807, 2.05) is 0 Å². The Morgan fingerprint density at radius 2 is 0.761 bits per heavy atom. The number of aryl methyl sites for hydroxylation is 2. The molecule has 0 aliphatic heterocycles. The third-order valence-electron chi connectivity index (χ3n) is 11.3. The lowest BCUT2D eigenvalue weighted by Gasteiger charge is -2.31. The Morgan fingerprint density at radius 1 is 0.413 bits per heavy atom. The van der Waals surface area contributed by atoms with Crippen molar-refractivity contribution in [2.45, 2.75) is 90.9 Å². The van der Waals surface area contributed by atoms with Crippen molar-refractivity contribution in [3.63, 3.8) is 0 Å². The average molecular weight is 607 g/mol. The van der Waals surface area contributed by atoms with Crippen LogP contribution in [0, 0.1) is 0 Å². The summed E-state index contributed by atoms with van der Waals surface area (Å²) in [6, 6.07) is 45.4. The second-order valence-corrected chi connectivity index (χ2v) is 13.6. The minimum atomic E-state index is 0.191. The molecule has 0 aromatic heterocycles. The van der Waals surface area contributed by atoms with Crippen LogP contribution >= 0.6 is 0 Å². The maximum absolute atomic E-state index is 2.40. The molecular weight excluding hydrogens is 556 g/mol. The summed E-state index contributed by atoms with van der Waals surface area (Å²) >= 11 is 0. The van der Waals surface area contributed by atoms with E-state index in [0.29, 0.717) is 0 Å². The molecule has 0 unspecified atom stereocenters. The van der Waals surface area contributed by atoms with Crippen molar-refractivity contribution in [3.8, 4) is 0 Å². The van der Waals surface area contributed by atoms with E-state index in [1.165, 1.54) is 57.8 Å². The normalized spacial score (nSPS) is 12.7. The summed E-state index contributed by atoms with van der Waals surface area (Å²) in [5.74, 6) is 0. The van der Waals surface area contributed by atoms with Gasteiger partial charge in [0.05, 0.1) is 0 Å². The summed E-state index contributed by atoms with van der Waals surface area (Å²) in [7, 11) is 0. The fraction of sp³-hybridized carbons (Fsp3) is 0.318. The van der Waals surface area contributed by atoms with Gasteiger partial charge in [0.2, 0.25) is 0 Å². The molecule has 0 fully saturated rings. The Kier molecular flexibility index (Phi) is 9.09. The van der Waals surface area contributed by atoms with Crippen LogP contribution in [0.15, 0.2) is 121 Å². The molecule has 1 aliphatic rings. The minimum Gasteiger partial charge on any atom is -0.311 e. The van der Waals surface area contributed by atoms with Crippen LogP contribution < -0.4 is 9.80 Å². The van der Waals surface area contributed by atoms with E-state index in [9.17, 15) is 0 Å². The molecular formula is C44H50N2. The SMILES string of the molecule is CCC(C)(CC)c1ccc(N(c2ccc(N(c3ccccc3)c3ccc4c(c3)CC4)cc2)c2ccc(C(C)(CC)CC)cc2)cc1. The van der Waals surface area contributed by atoms with E-state index in [4.69, 9.17) is 0 Å². The lowest BCUT2D eigenvalue weighted by atomic mass is 9.78. The molecule has 0 atom stereocenters. The molecule has 2 heteroatoms. The van der Waals surface area contributed by atoms with Crippen molar-refractivity contribution < 1.29 is 0 Å². The number of benzene rings is 5. The highest BCUT2D eigenvalue weighted by Crippen LogP contribution is 2.42. The van der Waals surface area contributed by atoms with E-state index in [1.54, 1.807) is 0 Å². The fourth-order valence-electron chi connectivity index (χ4n) is 6.89. The average Bonchev–Trinajstić information content (AvgIpc) is 3.10. The molecule has 2 nitrogen and oxygen atoms in total. The topological polar surface area (TPSA) is 6.48 Å². The van der Waals surface area contributed by atoms with Gasteiger partial charge >= 0.3 is 0 Å². The van der Waals surface area contributed by atoms with Crippen molar-refractivity contribution in [2.24, 2.45) is 0 Å². The molecule has 0 saturated carbocycles. The zero-order chi connectivity index (χ0) is 32.3. The van der Waals surface area contributed by atoms with Gasteiger partial charge in [0.1, 0.15) is 0 Å². The Bertz CT molecular complexity index is 1660. The maximum Gasteiger partial charge on any atom is 0.0464 e. The minimum absolute atomic E-state index is 0.191. The van der Waals surface area contributed by atoms with Crippen LogP contribution in [0.3, 0.4) is 0 Å². The first-order chi connectivity index (χ1) is 22.3. The first-order valence-electron chi connectivity index (χ1n) is 17.4. The smallest absolute Gasteiger partial charge is 0.0464 e. The maximum atomic E-state index is 2.40. The number of hydrogen-bond acceptors (Lipinski definition) is 2. The van der Waals surface area contributed by atoms with Crippen molar-refractivity contribution >= 4 is 34.1 Å². The van der Waals surface area contributed by atoms with Crippen molar-refractivity contribution in [1.82, 2.24) is 0 Å². The molecule has 5 aromatic rings. The predicted octanol–water partition coefficient (Wildman–Crippen LogP) is 12.9. The quantitative estimate of drug-likeness (QED) is 0.139. The first-order valence-corrected chi connectivity index (χ1v) is 17.4. The molecule has 0 radical (unpaired) electrons. The summed E-state index contributed by atoms with van der Waals surface area (Å²) < 4.78 is 0. The van der Waals surface area contributed by atoms with Crippen LogP contribution in [0.4, 0.5) is 34.1 Å². The van der Waals surface area contributed by atoms with Gasteiger partial charge in [-0.25, -0.2) is 0 Å². The fourth-order valence-corrected chi connectivity index (χ4v) is 6.89. The van der Waals surface area contributed by atoms with Gasteiger partial charge < -0.3 is 9.80 Å². The molecule has 0 heterocycles. The third-order valence-corrected chi connectivity index (χ3v) is 11.3. The third kappa shape index (κ3) is 5.98. The van der Waals surface area contributed by atoms with E-state index in [-0.39, 0.29) is 10.8 Å². The first kappa shape index (κ1) is 31.7. The van der Waals surface area contributed by atoms with Crippen molar-refractivity contribution in [3.05, 3.63) is 144 Å². The lowest BCUT2D eigenvalue weighted by Crippen LogP contribution is -2.20. The van der Waals surface area contributed by atoms with E-state index < -0.39 is 0 Å². The second-order valence-electron chi connectivity index (χ2n) is 13.6. The number of para-hydroxylation sites is 1. The Balaban J connectivity index is 1.41. The van der Waals surface area contributed by atoms with Crippen LogP contribution in [-0.2, 0) is 23.7 Å². The van der Waals surface area contributed by atoms with Crippen molar-refractivity contribution in [1.29, 1.82) is 0 Å². The number of anilines is 6. The molecule has 0 spiro atoms. The zero-order valence-electron chi connectivity index (χ0n) is 28.7. The largest absolute Gasteiger partial charge is 0.311 e. The highest BCUT2D eigenvalue weighted by molar-refractivity contribution is 5.81. The van der Waals surface area contributed by atoms with Gasteiger partial charge in [-0.3, -0.25) is 0 Å². The van der Waals surface area contributed by atoms with Gasteiger partial charge in [0.25, 0.3) is 0 Å². The highest BCUT2D eigenvalue weighted by atomic mass is 15.2. The van der Waals surface area contributed by atoms with E-state index >= 15 is 0 Å². The zero-order valence-corrected chi connectivity index (χ0v) is 28.7. The molecule has 0 bridgehead atoms. The van der Waals surface area contributed by atoms with Crippen LogP contribution in [0.1, 0.15) is 89.5 Å². The summed E-state index contributed by atoms with van der Waals surface area (Å²) in [4.78, 5) is 4.78.